The molecule has 0 spiro atoms. The lowest BCUT2D eigenvalue weighted by atomic mass is 10.00. The monoisotopic (exact) mass is 721 g/mol. The average Bonchev–Trinajstić information content (AvgIpc) is 3.13. The van der Waals surface area contributed by atoms with Crippen molar-refractivity contribution in [3.05, 3.63) is 0 Å². The minimum absolute atomic E-state index is 0.00293. The third kappa shape index (κ3) is 39.9. The molecule has 0 rings (SSSR count). The number of hydrogen-bond acceptors (Lipinski definition) is 10. The Bertz CT molecular complexity index is 639. The smallest absolute Gasteiger partial charge is 0.308 e. The maximum Gasteiger partial charge on any atom is 0.308 e. The molecular formula is C40H80O10. The van der Waals surface area contributed by atoms with E-state index >= 15 is 0 Å². The summed E-state index contributed by atoms with van der Waals surface area (Å²) in [5, 5.41) is 0. The van der Waals surface area contributed by atoms with E-state index < -0.39 is 0 Å². The van der Waals surface area contributed by atoms with Gasteiger partial charge in [0.05, 0.1) is 105 Å². The van der Waals surface area contributed by atoms with Gasteiger partial charge < -0.3 is 42.6 Å². The number of carbonyl (C=O) groups excluding carboxylic acids is 1. The molecule has 1 unspecified atom stereocenters. The molecule has 0 N–H and O–H groups in total. The van der Waals surface area contributed by atoms with Crippen LogP contribution < -0.4 is 0 Å². The lowest BCUT2D eigenvalue weighted by Crippen LogP contribution is -2.20. The van der Waals surface area contributed by atoms with Crippen molar-refractivity contribution >= 4 is 5.97 Å². The summed E-state index contributed by atoms with van der Waals surface area (Å²) in [7, 11) is 0. The van der Waals surface area contributed by atoms with Crippen molar-refractivity contribution in [2.45, 2.75) is 136 Å². The van der Waals surface area contributed by atoms with Gasteiger partial charge in [0.25, 0.3) is 0 Å². The van der Waals surface area contributed by atoms with Crippen molar-refractivity contribution in [3.8, 4) is 0 Å². The van der Waals surface area contributed by atoms with Crippen molar-refractivity contribution in [2.24, 2.45) is 5.92 Å². The van der Waals surface area contributed by atoms with E-state index in [1.54, 1.807) is 0 Å². The van der Waals surface area contributed by atoms with Gasteiger partial charge in [-0.1, -0.05) is 117 Å². The molecule has 0 bridgehead atoms. The molecule has 50 heavy (non-hydrogen) atoms. The van der Waals surface area contributed by atoms with Crippen LogP contribution in [0.25, 0.3) is 0 Å². The van der Waals surface area contributed by atoms with Crippen molar-refractivity contribution in [1.82, 2.24) is 0 Å². The molecule has 300 valence electrons. The van der Waals surface area contributed by atoms with Gasteiger partial charge in [0.1, 0.15) is 6.61 Å². The molecular weight excluding hydrogens is 640 g/mol. The number of carbonyl (C=O) groups is 1. The van der Waals surface area contributed by atoms with Crippen LogP contribution in [0.4, 0.5) is 0 Å². The number of unbranched alkanes of at least 4 members (excludes halogenated alkanes) is 14. The van der Waals surface area contributed by atoms with Gasteiger partial charge in [-0.15, -0.1) is 0 Å². The van der Waals surface area contributed by atoms with Crippen LogP contribution in [-0.4, -0.2) is 118 Å². The Hall–Kier alpha value is -0.850. The molecule has 0 aromatic heterocycles. The second kappa shape index (κ2) is 44.3. The van der Waals surface area contributed by atoms with Crippen LogP contribution in [0.2, 0.25) is 0 Å². The highest BCUT2D eigenvalue weighted by Gasteiger charge is 2.16. The van der Waals surface area contributed by atoms with Crippen molar-refractivity contribution in [2.75, 3.05) is 112 Å². The van der Waals surface area contributed by atoms with Gasteiger partial charge in [-0.25, -0.2) is 0 Å². The Morgan fingerprint density at radius 1 is 0.340 bits per heavy atom. The second-order valence-corrected chi connectivity index (χ2v) is 12.9. The molecule has 0 aromatic rings. The summed E-state index contributed by atoms with van der Waals surface area (Å²) < 4.78 is 49.6. The van der Waals surface area contributed by atoms with Gasteiger partial charge in [0, 0.05) is 6.61 Å². The standard InChI is InChI=1S/C40H80O10/c1-4-7-9-10-11-12-13-14-15-16-17-18-19-20-22-42-23-24-43-25-26-44-27-28-45-29-30-46-31-32-47-33-34-48-35-36-49-37-38-50-40(41)39(6-3)21-8-5-2/h39H,4-38H2,1-3H3. The third-order valence-corrected chi connectivity index (χ3v) is 8.45. The topological polar surface area (TPSA) is 100 Å². The van der Waals surface area contributed by atoms with E-state index in [2.05, 4.69) is 13.8 Å². The first-order chi connectivity index (χ1) is 24.8. The zero-order valence-electron chi connectivity index (χ0n) is 32.9. The quantitative estimate of drug-likeness (QED) is 0.0451. The fourth-order valence-electron chi connectivity index (χ4n) is 5.30. The van der Waals surface area contributed by atoms with E-state index in [9.17, 15) is 4.79 Å². The Kier molecular flexibility index (Phi) is 43.6. The second-order valence-electron chi connectivity index (χ2n) is 12.9. The molecule has 1 atom stereocenters. The third-order valence-electron chi connectivity index (χ3n) is 8.45. The molecule has 0 saturated carbocycles. The fourth-order valence-corrected chi connectivity index (χ4v) is 5.30. The summed E-state index contributed by atoms with van der Waals surface area (Å²) in [5.74, 6) is -0.110. The highest BCUT2D eigenvalue weighted by molar-refractivity contribution is 5.72. The van der Waals surface area contributed by atoms with Crippen molar-refractivity contribution in [3.63, 3.8) is 0 Å². The SMILES string of the molecule is CCCCCCCCCCCCCCCCOCCOCCOCCOCCOCCOCCOCCOCCOC(=O)C(CC)CCCC. The Morgan fingerprint density at radius 3 is 0.940 bits per heavy atom. The predicted octanol–water partition coefficient (Wildman–Crippen LogP) is 8.36. The molecule has 0 aromatic carbocycles. The molecule has 0 aliphatic heterocycles. The molecule has 0 aliphatic carbocycles. The van der Waals surface area contributed by atoms with Gasteiger partial charge in [-0.2, -0.15) is 0 Å². The lowest BCUT2D eigenvalue weighted by Gasteiger charge is -2.13. The van der Waals surface area contributed by atoms with Crippen LogP contribution in [-0.2, 0) is 47.4 Å². The Labute approximate surface area is 307 Å². The summed E-state index contributed by atoms with van der Waals surface area (Å²) in [5.41, 5.74) is 0. The van der Waals surface area contributed by atoms with Crippen LogP contribution in [0.15, 0.2) is 0 Å². The summed E-state index contributed by atoms with van der Waals surface area (Å²) in [6.45, 7) is 15.4. The maximum absolute atomic E-state index is 12.0. The van der Waals surface area contributed by atoms with E-state index in [0.29, 0.717) is 99.1 Å². The van der Waals surface area contributed by atoms with E-state index in [0.717, 1.165) is 38.7 Å². The molecule has 0 aliphatic rings. The van der Waals surface area contributed by atoms with Gasteiger partial charge in [-0.05, 0) is 19.3 Å². The summed E-state index contributed by atoms with van der Waals surface area (Å²) in [6.07, 6.45) is 23.1. The van der Waals surface area contributed by atoms with E-state index in [1.807, 2.05) is 6.92 Å². The predicted molar refractivity (Wildman–Crippen MR) is 201 cm³/mol. The number of hydrogen-bond donors (Lipinski definition) is 0. The van der Waals surface area contributed by atoms with E-state index in [4.69, 9.17) is 42.6 Å². The lowest BCUT2D eigenvalue weighted by molar-refractivity contribution is -0.150. The molecule has 10 heteroatoms. The largest absolute Gasteiger partial charge is 0.463 e. The van der Waals surface area contributed by atoms with Crippen LogP contribution in [0, 0.1) is 5.92 Å². The highest BCUT2D eigenvalue weighted by Crippen LogP contribution is 2.14. The average molecular weight is 721 g/mol. The summed E-state index contributed by atoms with van der Waals surface area (Å²) >= 11 is 0. The van der Waals surface area contributed by atoms with Gasteiger partial charge >= 0.3 is 5.97 Å². The van der Waals surface area contributed by atoms with E-state index in [1.165, 1.54) is 83.5 Å². The fraction of sp³-hybridized carbons (Fsp3) is 0.975. The maximum atomic E-state index is 12.0. The van der Waals surface area contributed by atoms with Crippen molar-refractivity contribution in [1.29, 1.82) is 0 Å². The van der Waals surface area contributed by atoms with Crippen LogP contribution in [0.5, 0.6) is 0 Å². The molecule has 0 saturated heterocycles. The normalized spacial score (nSPS) is 12.1. The van der Waals surface area contributed by atoms with E-state index in [-0.39, 0.29) is 18.5 Å². The molecule has 0 radical (unpaired) electrons. The zero-order valence-corrected chi connectivity index (χ0v) is 32.9. The van der Waals surface area contributed by atoms with Crippen LogP contribution in [0.3, 0.4) is 0 Å². The van der Waals surface area contributed by atoms with Crippen LogP contribution >= 0.6 is 0 Å². The number of ether oxygens (including phenoxy) is 9. The van der Waals surface area contributed by atoms with Gasteiger partial charge in [0.2, 0.25) is 0 Å². The Morgan fingerprint density at radius 2 is 0.620 bits per heavy atom. The number of rotatable bonds is 44. The van der Waals surface area contributed by atoms with Crippen LogP contribution in [0.1, 0.15) is 136 Å². The minimum atomic E-state index is -0.113. The molecule has 0 fully saturated rings. The first kappa shape index (κ1) is 49.1. The number of esters is 1. The highest BCUT2D eigenvalue weighted by atomic mass is 16.6. The van der Waals surface area contributed by atoms with Gasteiger partial charge in [0.15, 0.2) is 0 Å². The van der Waals surface area contributed by atoms with Crippen molar-refractivity contribution < 1.29 is 47.4 Å². The zero-order chi connectivity index (χ0) is 36.3. The molecule has 0 amide bonds. The summed E-state index contributed by atoms with van der Waals surface area (Å²) in [4.78, 5) is 12.0. The first-order valence-electron chi connectivity index (χ1n) is 20.5. The first-order valence-corrected chi connectivity index (χ1v) is 20.5. The van der Waals surface area contributed by atoms with Gasteiger partial charge in [-0.3, -0.25) is 4.79 Å². The minimum Gasteiger partial charge on any atom is -0.463 e. The summed E-state index contributed by atoms with van der Waals surface area (Å²) in [6, 6.07) is 0. The molecule has 0 heterocycles. The molecule has 10 nitrogen and oxygen atoms in total. The Balaban J connectivity index is 3.13.